The Bertz CT molecular complexity index is 550. The molecule has 0 radical (unpaired) electrons. The summed E-state index contributed by atoms with van der Waals surface area (Å²) in [5.41, 5.74) is 9.24. The molecule has 1 aliphatic heterocycles. The highest BCUT2D eigenvalue weighted by Crippen LogP contribution is 2.30. The number of likely N-dealkylation sites (N-methyl/N-ethyl adjacent to an activating group) is 1. The van der Waals surface area contributed by atoms with Crippen molar-refractivity contribution in [2.75, 3.05) is 37.3 Å². The topological polar surface area (TPSA) is 32.5 Å². The molecule has 104 valence electrons. The highest BCUT2D eigenvalue weighted by atomic mass is 15.3. The Labute approximate surface area is 120 Å². The van der Waals surface area contributed by atoms with Crippen molar-refractivity contribution in [1.29, 1.82) is 0 Å². The Hall–Kier alpha value is -2.00. The van der Waals surface area contributed by atoms with Crippen LogP contribution in [0.15, 0.2) is 54.6 Å². The van der Waals surface area contributed by atoms with Crippen LogP contribution >= 0.6 is 0 Å². The first kappa shape index (κ1) is 13.0. The summed E-state index contributed by atoms with van der Waals surface area (Å²) in [5, 5.41) is 0. The first-order valence-electron chi connectivity index (χ1n) is 7.10. The molecule has 3 heteroatoms. The zero-order valence-electron chi connectivity index (χ0n) is 11.9. The first-order chi connectivity index (χ1) is 9.74. The van der Waals surface area contributed by atoms with E-state index in [1.54, 1.807) is 0 Å². The summed E-state index contributed by atoms with van der Waals surface area (Å²) in [4.78, 5) is 4.88. The normalized spacial score (nSPS) is 20.1. The molecule has 1 fully saturated rings. The molecular weight excluding hydrogens is 246 g/mol. The van der Waals surface area contributed by atoms with Crippen LogP contribution in [0.2, 0.25) is 0 Å². The number of hydrogen-bond donors (Lipinski definition) is 1. The maximum absolute atomic E-state index is 5.80. The van der Waals surface area contributed by atoms with Crippen molar-refractivity contribution < 1.29 is 0 Å². The number of piperazine rings is 1. The van der Waals surface area contributed by atoms with Crippen LogP contribution < -0.4 is 10.6 Å². The molecule has 3 rings (SSSR count). The fraction of sp³-hybridized carbons (Fsp3) is 0.294. The number of anilines is 2. The number of rotatable bonds is 2. The number of hydrogen-bond acceptors (Lipinski definition) is 3. The molecule has 1 heterocycles. The highest BCUT2D eigenvalue weighted by molar-refractivity contribution is 5.55. The zero-order chi connectivity index (χ0) is 13.9. The zero-order valence-corrected chi connectivity index (χ0v) is 11.9. The van der Waals surface area contributed by atoms with Gasteiger partial charge in [0.15, 0.2) is 0 Å². The Morgan fingerprint density at radius 2 is 1.65 bits per heavy atom. The lowest BCUT2D eigenvalue weighted by Gasteiger charge is -2.42. The maximum atomic E-state index is 5.80. The fourth-order valence-corrected chi connectivity index (χ4v) is 2.85. The van der Waals surface area contributed by atoms with Gasteiger partial charge in [-0.1, -0.05) is 30.3 Å². The van der Waals surface area contributed by atoms with Gasteiger partial charge in [0.05, 0.1) is 6.04 Å². The van der Waals surface area contributed by atoms with Crippen LogP contribution in [-0.4, -0.2) is 31.6 Å². The lowest BCUT2D eigenvalue weighted by molar-refractivity contribution is 0.269. The SMILES string of the molecule is CN1CCN(c2ccc(N)cc2)C(c2ccccc2)C1. The molecule has 0 amide bonds. The second kappa shape index (κ2) is 5.55. The van der Waals surface area contributed by atoms with E-state index in [1.165, 1.54) is 11.3 Å². The fourth-order valence-electron chi connectivity index (χ4n) is 2.85. The molecule has 2 aromatic rings. The molecule has 1 unspecified atom stereocenters. The quantitative estimate of drug-likeness (QED) is 0.849. The van der Waals surface area contributed by atoms with E-state index in [-0.39, 0.29) is 0 Å². The van der Waals surface area contributed by atoms with E-state index >= 15 is 0 Å². The number of nitrogen functional groups attached to an aromatic ring is 1. The summed E-state index contributed by atoms with van der Waals surface area (Å²) in [5.74, 6) is 0. The monoisotopic (exact) mass is 267 g/mol. The molecule has 1 aliphatic rings. The van der Waals surface area contributed by atoms with Gasteiger partial charge in [-0.25, -0.2) is 0 Å². The average molecular weight is 267 g/mol. The van der Waals surface area contributed by atoms with Crippen LogP contribution in [0.5, 0.6) is 0 Å². The molecule has 2 aromatic carbocycles. The maximum Gasteiger partial charge on any atom is 0.0669 e. The summed E-state index contributed by atoms with van der Waals surface area (Å²) in [7, 11) is 2.19. The van der Waals surface area contributed by atoms with E-state index in [0.29, 0.717) is 6.04 Å². The van der Waals surface area contributed by atoms with E-state index in [0.717, 1.165) is 25.3 Å². The van der Waals surface area contributed by atoms with Crippen molar-refractivity contribution in [3.05, 3.63) is 60.2 Å². The van der Waals surface area contributed by atoms with Gasteiger partial charge in [0, 0.05) is 31.0 Å². The van der Waals surface area contributed by atoms with Gasteiger partial charge < -0.3 is 15.5 Å². The van der Waals surface area contributed by atoms with E-state index in [4.69, 9.17) is 5.73 Å². The van der Waals surface area contributed by atoms with Crippen LogP contribution in [0, 0.1) is 0 Å². The van der Waals surface area contributed by atoms with Crippen molar-refractivity contribution in [3.63, 3.8) is 0 Å². The molecule has 1 saturated heterocycles. The van der Waals surface area contributed by atoms with Gasteiger partial charge in [0.2, 0.25) is 0 Å². The summed E-state index contributed by atoms with van der Waals surface area (Å²) >= 11 is 0. The number of nitrogens with two attached hydrogens (primary N) is 1. The first-order valence-corrected chi connectivity index (χ1v) is 7.10. The largest absolute Gasteiger partial charge is 0.399 e. The highest BCUT2D eigenvalue weighted by Gasteiger charge is 2.26. The van der Waals surface area contributed by atoms with Crippen LogP contribution in [0.25, 0.3) is 0 Å². The number of benzene rings is 2. The molecule has 0 bridgehead atoms. The predicted octanol–water partition coefficient (Wildman–Crippen LogP) is 2.76. The molecule has 0 spiro atoms. The standard InChI is InChI=1S/C17H21N3/c1-19-11-12-20(16-9-7-15(18)8-10-16)17(13-19)14-5-3-2-4-6-14/h2-10,17H,11-13,18H2,1H3. The minimum absolute atomic E-state index is 0.401. The molecule has 0 aliphatic carbocycles. The van der Waals surface area contributed by atoms with Gasteiger partial charge in [0.1, 0.15) is 0 Å². The third kappa shape index (κ3) is 2.63. The Morgan fingerprint density at radius 3 is 2.35 bits per heavy atom. The summed E-state index contributed by atoms with van der Waals surface area (Å²) < 4.78 is 0. The molecule has 0 saturated carbocycles. The van der Waals surface area contributed by atoms with Crippen molar-refractivity contribution in [2.45, 2.75) is 6.04 Å². The predicted molar refractivity (Wildman–Crippen MR) is 84.9 cm³/mol. The third-order valence-corrected chi connectivity index (χ3v) is 3.99. The van der Waals surface area contributed by atoms with Gasteiger partial charge in [-0.05, 0) is 36.9 Å². The van der Waals surface area contributed by atoms with Gasteiger partial charge in [-0.3, -0.25) is 0 Å². The summed E-state index contributed by atoms with van der Waals surface area (Å²) in [6, 6.07) is 19.3. The second-order valence-corrected chi connectivity index (χ2v) is 5.47. The van der Waals surface area contributed by atoms with E-state index < -0.39 is 0 Å². The lowest BCUT2D eigenvalue weighted by atomic mass is 10.0. The average Bonchev–Trinajstić information content (AvgIpc) is 2.49. The summed E-state index contributed by atoms with van der Waals surface area (Å²) in [6.07, 6.45) is 0. The van der Waals surface area contributed by atoms with Gasteiger partial charge >= 0.3 is 0 Å². The van der Waals surface area contributed by atoms with Crippen molar-refractivity contribution in [2.24, 2.45) is 0 Å². The van der Waals surface area contributed by atoms with Gasteiger partial charge in [-0.2, -0.15) is 0 Å². The van der Waals surface area contributed by atoms with Crippen LogP contribution in [0.1, 0.15) is 11.6 Å². The molecule has 0 aromatic heterocycles. The molecule has 2 N–H and O–H groups in total. The van der Waals surface area contributed by atoms with Gasteiger partial charge in [-0.15, -0.1) is 0 Å². The van der Waals surface area contributed by atoms with E-state index in [1.807, 2.05) is 12.1 Å². The van der Waals surface area contributed by atoms with Crippen molar-refractivity contribution in [1.82, 2.24) is 4.90 Å². The molecule has 3 nitrogen and oxygen atoms in total. The lowest BCUT2D eigenvalue weighted by Crippen LogP contribution is -2.46. The van der Waals surface area contributed by atoms with Crippen LogP contribution in [0.4, 0.5) is 11.4 Å². The molecular formula is C17H21N3. The smallest absolute Gasteiger partial charge is 0.0669 e. The minimum Gasteiger partial charge on any atom is -0.399 e. The van der Waals surface area contributed by atoms with Crippen LogP contribution in [0.3, 0.4) is 0 Å². The van der Waals surface area contributed by atoms with Crippen molar-refractivity contribution >= 4 is 11.4 Å². The molecule has 20 heavy (non-hydrogen) atoms. The third-order valence-electron chi connectivity index (χ3n) is 3.99. The van der Waals surface area contributed by atoms with E-state index in [9.17, 15) is 0 Å². The Kier molecular flexibility index (Phi) is 3.61. The minimum atomic E-state index is 0.401. The number of nitrogens with zero attached hydrogens (tertiary/aromatic N) is 2. The molecule has 1 atom stereocenters. The summed E-state index contributed by atoms with van der Waals surface area (Å²) in [6.45, 7) is 3.18. The van der Waals surface area contributed by atoms with Gasteiger partial charge in [0.25, 0.3) is 0 Å². The van der Waals surface area contributed by atoms with Crippen LogP contribution in [-0.2, 0) is 0 Å². The van der Waals surface area contributed by atoms with Crippen molar-refractivity contribution in [3.8, 4) is 0 Å². The second-order valence-electron chi connectivity index (χ2n) is 5.47. The van der Waals surface area contributed by atoms with E-state index in [2.05, 4.69) is 59.3 Å². The Balaban J connectivity index is 1.92. The Morgan fingerprint density at radius 1 is 0.950 bits per heavy atom.